The van der Waals surface area contributed by atoms with Crippen LogP contribution in [-0.2, 0) is 4.79 Å². The van der Waals surface area contributed by atoms with Gasteiger partial charge in [-0.25, -0.2) is 0 Å². The zero-order valence-electron chi connectivity index (χ0n) is 11.8. The summed E-state index contributed by atoms with van der Waals surface area (Å²) >= 11 is 5.14. The molecular weight excluding hydrogens is 336 g/mol. The highest BCUT2D eigenvalue weighted by molar-refractivity contribution is 9.10. The molecule has 1 atom stereocenters. The van der Waals surface area contributed by atoms with E-state index in [1.54, 1.807) is 11.8 Å². The predicted molar refractivity (Wildman–Crippen MR) is 88.1 cm³/mol. The third kappa shape index (κ3) is 5.11. The van der Waals surface area contributed by atoms with E-state index >= 15 is 0 Å². The minimum Gasteiger partial charge on any atom is -0.355 e. The number of likely N-dealkylation sites (tertiary alicyclic amines) is 1. The molecule has 1 aromatic rings. The Bertz CT molecular complexity index is 438. The van der Waals surface area contributed by atoms with Gasteiger partial charge in [0.1, 0.15) is 0 Å². The second-order valence-corrected chi connectivity index (χ2v) is 7.22. The lowest BCUT2D eigenvalue weighted by atomic mass is 10.2. The van der Waals surface area contributed by atoms with Gasteiger partial charge in [0, 0.05) is 34.1 Å². The van der Waals surface area contributed by atoms with Gasteiger partial charge in [0.15, 0.2) is 0 Å². The smallest absolute Gasteiger partial charge is 0.220 e. The summed E-state index contributed by atoms with van der Waals surface area (Å²) in [5.41, 5.74) is 0. The molecule has 1 heterocycles. The van der Waals surface area contributed by atoms with Crippen molar-refractivity contribution in [1.29, 1.82) is 0 Å². The number of nitrogens with one attached hydrogen (secondary N) is 1. The summed E-state index contributed by atoms with van der Waals surface area (Å²) in [6.07, 6.45) is 3.03. The van der Waals surface area contributed by atoms with E-state index in [0.717, 1.165) is 23.3 Å². The van der Waals surface area contributed by atoms with Crippen molar-refractivity contribution >= 4 is 33.6 Å². The lowest BCUT2D eigenvalue weighted by Gasteiger charge is -2.19. The fourth-order valence-corrected chi connectivity index (χ4v) is 3.47. The van der Waals surface area contributed by atoms with Crippen LogP contribution in [0.25, 0.3) is 0 Å². The number of likely N-dealkylation sites (N-methyl/N-ethyl adjacent to an activating group) is 1. The number of amides is 1. The average molecular weight is 357 g/mol. The van der Waals surface area contributed by atoms with Crippen molar-refractivity contribution in [2.75, 3.05) is 25.9 Å². The van der Waals surface area contributed by atoms with Crippen LogP contribution in [-0.4, -0.2) is 42.7 Å². The lowest BCUT2D eigenvalue weighted by Crippen LogP contribution is -2.38. The molecule has 0 aromatic heterocycles. The fraction of sp³-hybridized carbons (Fsp3) is 0.533. The molecule has 1 amide bonds. The number of thioether (sulfide) groups is 1. The minimum atomic E-state index is 0.162. The molecule has 5 heteroatoms. The van der Waals surface area contributed by atoms with Gasteiger partial charge in [-0.15, -0.1) is 11.8 Å². The Morgan fingerprint density at radius 1 is 1.45 bits per heavy atom. The van der Waals surface area contributed by atoms with Crippen LogP contribution in [0.1, 0.15) is 19.3 Å². The normalized spacial score (nSPS) is 19.2. The van der Waals surface area contributed by atoms with Gasteiger partial charge in [0.25, 0.3) is 0 Å². The Labute approximate surface area is 133 Å². The third-order valence-corrected chi connectivity index (χ3v) is 5.16. The number of rotatable bonds is 6. The Morgan fingerprint density at radius 2 is 2.20 bits per heavy atom. The summed E-state index contributed by atoms with van der Waals surface area (Å²) in [5.74, 6) is 0.989. The van der Waals surface area contributed by atoms with Crippen molar-refractivity contribution in [3.63, 3.8) is 0 Å². The van der Waals surface area contributed by atoms with Crippen LogP contribution < -0.4 is 5.32 Å². The molecule has 0 unspecified atom stereocenters. The van der Waals surface area contributed by atoms with Crippen LogP contribution in [0.4, 0.5) is 0 Å². The van der Waals surface area contributed by atoms with Crippen LogP contribution in [0.5, 0.6) is 0 Å². The highest BCUT2D eigenvalue weighted by Crippen LogP contribution is 2.21. The summed E-state index contributed by atoms with van der Waals surface area (Å²) < 4.78 is 1.08. The molecule has 2 rings (SSSR count). The second-order valence-electron chi connectivity index (χ2n) is 5.13. The van der Waals surface area contributed by atoms with Gasteiger partial charge in [-0.1, -0.05) is 15.9 Å². The zero-order valence-corrected chi connectivity index (χ0v) is 14.2. The molecule has 1 fully saturated rings. The molecule has 110 valence electrons. The number of carbonyl (C=O) groups excluding carboxylic acids is 1. The molecule has 0 radical (unpaired) electrons. The molecular formula is C15H21BrN2OS. The molecule has 1 aliphatic heterocycles. The molecule has 0 aliphatic carbocycles. The van der Waals surface area contributed by atoms with Gasteiger partial charge in [-0.3, -0.25) is 4.79 Å². The molecule has 20 heavy (non-hydrogen) atoms. The Hall–Kier alpha value is -0.520. The number of nitrogens with zero attached hydrogens (tertiary/aromatic N) is 1. The van der Waals surface area contributed by atoms with E-state index in [9.17, 15) is 4.79 Å². The van der Waals surface area contributed by atoms with Crippen LogP contribution in [0.15, 0.2) is 33.6 Å². The number of halogens is 1. The van der Waals surface area contributed by atoms with Crippen LogP contribution >= 0.6 is 27.7 Å². The van der Waals surface area contributed by atoms with Gasteiger partial charge >= 0.3 is 0 Å². The first kappa shape index (κ1) is 15.9. The Kier molecular flexibility index (Phi) is 6.39. The molecule has 0 spiro atoms. The van der Waals surface area contributed by atoms with Gasteiger partial charge < -0.3 is 10.2 Å². The first-order valence-corrected chi connectivity index (χ1v) is 8.78. The molecule has 3 nitrogen and oxygen atoms in total. The molecule has 1 saturated heterocycles. The van der Waals surface area contributed by atoms with Crippen LogP contribution in [0.2, 0.25) is 0 Å². The highest BCUT2D eigenvalue weighted by Gasteiger charge is 2.20. The number of hydrogen-bond acceptors (Lipinski definition) is 3. The Balaban J connectivity index is 1.61. The van der Waals surface area contributed by atoms with E-state index in [-0.39, 0.29) is 5.91 Å². The second kappa shape index (κ2) is 8.05. The molecule has 0 bridgehead atoms. The van der Waals surface area contributed by atoms with Crippen LogP contribution in [0.3, 0.4) is 0 Å². The number of carbonyl (C=O) groups is 1. The van der Waals surface area contributed by atoms with E-state index < -0.39 is 0 Å². The van der Waals surface area contributed by atoms with Gasteiger partial charge in [-0.2, -0.15) is 0 Å². The maximum atomic E-state index is 11.8. The van der Waals surface area contributed by atoms with E-state index in [1.165, 1.54) is 17.7 Å². The third-order valence-electron chi connectivity index (χ3n) is 3.62. The monoisotopic (exact) mass is 356 g/mol. The summed E-state index contributed by atoms with van der Waals surface area (Å²) in [7, 11) is 2.13. The summed E-state index contributed by atoms with van der Waals surface area (Å²) in [6, 6.07) is 8.72. The van der Waals surface area contributed by atoms with Gasteiger partial charge in [-0.05, 0) is 50.7 Å². The van der Waals surface area contributed by atoms with Gasteiger partial charge in [0.05, 0.1) is 0 Å². The fourth-order valence-electron chi connectivity index (χ4n) is 2.35. The van der Waals surface area contributed by atoms with Crippen molar-refractivity contribution < 1.29 is 4.79 Å². The summed E-state index contributed by atoms with van der Waals surface area (Å²) in [5, 5.41) is 3.05. The lowest BCUT2D eigenvalue weighted by molar-refractivity contribution is -0.120. The van der Waals surface area contributed by atoms with Crippen molar-refractivity contribution in [2.45, 2.75) is 30.2 Å². The van der Waals surface area contributed by atoms with E-state index in [4.69, 9.17) is 0 Å². The average Bonchev–Trinajstić information content (AvgIpc) is 2.84. The predicted octanol–water partition coefficient (Wildman–Crippen LogP) is 3.14. The van der Waals surface area contributed by atoms with Crippen molar-refractivity contribution in [3.05, 3.63) is 28.7 Å². The summed E-state index contributed by atoms with van der Waals surface area (Å²) in [6.45, 7) is 1.94. The first-order valence-electron chi connectivity index (χ1n) is 7.00. The molecule has 1 N–H and O–H groups in total. The quantitative estimate of drug-likeness (QED) is 0.794. The standard InChI is InChI=1S/C15H21BrN2OS/c1-18-9-2-3-13(18)11-17-15(19)8-10-20-14-6-4-12(16)5-7-14/h4-7,13H,2-3,8-11H2,1H3,(H,17,19)/t13-/m0/s1. The van der Waals surface area contributed by atoms with Gasteiger partial charge in [0.2, 0.25) is 5.91 Å². The number of benzene rings is 1. The highest BCUT2D eigenvalue weighted by atomic mass is 79.9. The molecule has 1 aliphatic rings. The largest absolute Gasteiger partial charge is 0.355 e. The van der Waals surface area contributed by atoms with Crippen LogP contribution in [0, 0.1) is 0 Å². The van der Waals surface area contributed by atoms with Crippen molar-refractivity contribution in [2.24, 2.45) is 0 Å². The minimum absolute atomic E-state index is 0.162. The first-order chi connectivity index (χ1) is 9.65. The van der Waals surface area contributed by atoms with E-state index in [1.807, 2.05) is 12.1 Å². The molecule has 1 aromatic carbocycles. The number of hydrogen-bond donors (Lipinski definition) is 1. The maximum absolute atomic E-state index is 11.8. The summed E-state index contributed by atoms with van der Waals surface area (Å²) in [4.78, 5) is 15.3. The SMILES string of the molecule is CN1CCC[C@H]1CNC(=O)CCSc1ccc(Br)cc1. The van der Waals surface area contributed by atoms with Crippen molar-refractivity contribution in [1.82, 2.24) is 10.2 Å². The zero-order chi connectivity index (χ0) is 14.4. The van der Waals surface area contributed by atoms with E-state index in [0.29, 0.717) is 12.5 Å². The maximum Gasteiger partial charge on any atom is 0.220 e. The topological polar surface area (TPSA) is 32.3 Å². The van der Waals surface area contributed by atoms with E-state index in [2.05, 4.69) is 45.3 Å². The molecule has 0 saturated carbocycles. The van der Waals surface area contributed by atoms with Crippen molar-refractivity contribution in [3.8, 4) is 0 Å². The Morgan fingerprint density at radius 3 is 2.85 bits per heavy atom.